The highest BCUT2D eigenvalue weighted by molar-refractivity contribution is 4.87. The van der Waals surface area contributed by atoms with Crippen molar-refractivity contribution in [2.45, 2.75) is 37.8 Å². The van der Waals surface area contributed by atoms with Gasteiger partial charge in [0.2, 0.25) is 0 Å². The summed E-state index contributed by atoms with van der Waals surface area (Å²) in [7, 11) is 2.14. The van der Waals surface area contributed by atoms with Gasteiger partial charge in [-0.05, 0) is 19.9 Å². The first-order valence-electron chi connectivity index (χ1n) is 6.70. The number of hydrogen-bond donors (Lipinski definition) is 0. The number of rotatable bonds is 4. The molecule has 2 rings (SSSR count). The van der Waals surface area contributed by atoms with Crippen molar-refractivity contribution in [3.63, 3.8) is 0 Å². The number of hydrogen-bond acceptors (Lipinski definition) is 4. The molecule has 0 spiro atoms. The largest absolute Gasteiger partial charge is 0.374 e. The molecule has 1 saturated carbocycles. The van der Waals surface area contributed by atoms with Crippen LogP contribution >= 0.6 is 0 Å². The van der Waals surface area contributed by atoms with Gasteiger partial charge < -0.3 is 9.64 Å². The lowest BCUT2D eigenvalue weighted by atomic mass is 10.1. The third-order valence-corrected chi connectivity index (χ3v) is 3.89. The minimum atomic E-state index is 0.280. The Balaban J connectivity index is 1.85. The average molecular weight is 237 g/mol. The van der Waals surface area contributed by atoms with Crippen LogP contribution in [0, 0.1) is 11.3 Å². The molecule has 0 aromatic carbocycles. The molecule has 0 N–H and O–H groups in total. The van der Waals surface area contributed by atoms with E-state index in [1.807, 2.05) is 0 Å². The Kier molecular flexibility index (Phi) is 4.78. The highest BCUT2D eigenvalue weighted by Crippen LogP contribution is 2.23. The Bertz CT molecular complexity index is 270. The highest BCUT2D eigenvalue weighted by Gasteiger charge is 2.26. The van der Waals surface area contributed by atoms with Gasteiger partial charge in [0.25, 0.3) is 0 Å². The van der Waals surface area contributed by atoms with Crippen LogP contribution in [0.15, 0.2) is 0 Å². The standard InChI is InChI=1S/C13H23N3O/c1-15-8-9-17-13(10-15)11-16(7-6-14)12-4-2-3-5-12/h12-13H,2-5,7-11H2,1H3. The van der Waals surface area contributed by atoms with Crippen LogP contribution in [0.5, 0.6) is 0 Å². The van der Waals surface area contributed by atoms with Gasteiger partial charge in [0.15, 0.2) is 0 Å². The van der Waals surface area contributed by atoms with Crippen molar-refractivity contribution in [1.29, 1.82) is 5.26 Å². The highest BCUT2D eigenvalue weighted by atomic mass is 16.5. The predicted molar refractivity (Wildman–Crippen MR) is 66.7 cm³/mol. The van der Waals surface area contributed by atoms with Crippen molar-refractivity contribution in [2.24, 2.45) is 0 Å². The summed E-state index contributed by atoms with van der Waals surface area (Å²) in [6.07, 6.45) is 5.42. The van der Waals surface area contributed by atoms with E-state index in [1.54, 1.807) is 0 Å². The molecule has 0 bridgehead atoms. The molecule has 1 saturated heterocycles. The fourth-order valence-corrected chi connectivity index (χ4v) is 2.94. The van der Waals surface area contributed by atoms with Crippen molar-refractivity contribution < 1.29 is 4.74 Å². The zero-order chi connectivity index (χ0) is 12.1. The van der Waals surface area contributed by atoms with Crippen molar-refractivity contribution in [3.05, 3.63) is 0 Å². The van der Waals surface area contributed by atoms with Crippen molar-refractivity contribution >= 4 is 0 Å². The summed E-state index contributed by atoms with van der Waals surface area (Å²) in [5.41, 5.74) is 0. The van der Waals surface area contributed by atoms with Gasteiger partial charge in [-0.15, -0.1) is 0 Å². The first kappa shape index (κ1) is 12.8. The molecule has 2 fully saturated rings. The van der Waals surface area contributed by atoms with E-state index in [-0.39, 0.29) is 6.10 Å². The second-order valence-electron chi connectivity index (χ2n) is 5.28. The first-order valence-corrected chi connectivity index (χ1v) is 6.70. The summed E-state index contributed by atoms with van der Waals surface area (Å²) in [5.74, 6) is 0. The number of nitrogens with zero attached hydrogens (tertiary/aromatic N) is 3. The Morgan fingerprint density at radius 3 is 2.82 bits per heavy atom. The van der Waals surface area contributed by atoms with Gasteiger partial charge in [-0.2, -0.15) is 5.26 Å². The molecule has 4 heteroatoms. The van der Waals surface area contributed by atoms with Crippen LogP contribution in [0.2, 0.25) is 0 Å². The van der Waals surface area contributed by atoms with Crippen LogP contribution in [0.25, 0.3) is 0 Å². The Morgan fingerprint density at radius 2 is 2.18 bits per heavy atom. The van der Waals surface area contributed by atoms with E-state index >= 15 is 0 Å². The topological polar surface area (TPSA) is 39.5 Å². The molecule has 1 atom stereocenters. The lowest BCUT2D eigenvalue weighted by molar-refractivity contribution is -0.0390. The fraction of sp³-hybridized carbons (Fsp3) is 0.923. The van der Waals surface area contributed by atoms with Crippen LogP contribution in [-0.4, -0.2) is 61.8 Å². The van der Waals surface area contributed by atoms with Crippen LogP contribution in [0.1, 0.15) is 25.7 Å². The SMILES string of the molecule is CN1CCOC(CN(CC#N)C2CCCC2)C1. The summed E-state index contributed by atoms with van der Waals surface area (Å²) in [5, 5.41) is 8.94. The molecule has 0 aromatic heterocycles. The molecule has 4 nitrogen and oxygen atoms in total. The minimum absolute atomic E-state index is 0.280. The third kappa shape index (κ3) is 3.67. The maximum atomic E-state index is 8.94. The van der Waals surface area contributed by atoms with Crippen molar-refractivity contribution in [2.75, 3.05) is 39.8 Å². The van der Waals surface area contributed by atoms with Crippen LogP contribution in [0.4, 0.5) is 0 Å². The lowest BCUT2D eigenvalue weighted by Gasteiger charge is -2.35. The van der Waals surface area contributed by atoms with E-state index in [4.69, 9.17) is 10.00 Å². The van der Waals surface area contributed by atoms with E-state index in [1.165, 1.54) is 25.7 Å². The average Bonchev–Trinajstić information content (AvgIpc) is 2.82. The molecule has 0 aromatic rings. The van der Waals surface area contributed by atoms with E-state index in [0.717, 1.165) is 26.2 Å². The number of likely N-dealkylation sites (N-methyl/N-ethyl adjacent to an activating group) is 1. The van der Waals surface area contributed by atoms with E-state index in [9.17, 15) is 0 Å². The number of ether oxygens (including phenoxy) is 1. The fourth-order valence-electron chi connectivity index (χ4n) is 2.94. The normalized spacial score (nSPS) is 27.5. The van der Waals surface area contributed by atoms with E-state index in [0.29, 0.717) is 12.6 Å². The summed E-state index contributed by atoms with van der Waals surface area (Å²) in [4.78, 5) is 4.64. The summed E-state index contributed by atoms with van der Waals surface area (Å²) in [6.45, 7) is 4.32. The van der Waals surface area contributed by atoms with Gasteiger partial charge in [-0.25, -0.2) is 0 Å². The molecule has 0 radical (unpaired) electrons. The van der Waals surface area contributed by atoms with E-state index in [2.05, 4.69) is 22.9 Å². The molecule has 1 heterocycles. The second-order valence-corrected chi connectivity index (χ2v) is 5.28. The molecule has 1 unspecified atom stereocenters. The first-order chi connectivity index (χ1) is 8.29. The summed E-state index contributed by atoms with van der Waals surface area (Å²) in [6, 6.07) is 2.92. The van der Waals surface area contributed by atoms with Gasteiger partial charge in [0, 0.05) is 25.7 Å². The zero-order valence-corrected chi connectivity index (χ0v) is 10.8. The molecule has 2 aliphatic rings. The molecule has 0 amide bonds. The van der Waals surface area contributed by atoms with Crippen molar-refractivity contribution in [1.82, 2.24) is 9.80 Å². The van der Waals surface area contributed by atoms with Crippen LogP contribution in [0.3, 0.4) is 0 Å². The van der Waals surface area contributed by atoms with Gasteiger partial charge >= 0.3 is 0 Å². The molecule has 1 aliphatic heterocycles. The van der Waals surface area contributed by atoms with Gasteiger partial charge in [-0.3, -0.25) is 4.90 Å². The molecular weight excluding hydrogens is 214 g/mol. The molecule has 17 heavy (non-hydrogen) atoms. The zero-order valence-electron chi connectivity index (χ0n) is 10.8. The summed E-state index contributed by atoms with van der Waals surface area (Å²) < 4.78 is 5.79. The quantitative estimate of drug-likeness (QED) is 0.686. The van der Waals surface area contributed by atoms with Gasteiger partial charge in [0.05, 0.1) is 25.3 Å². The Morgan fingerprint density at radius 1 is 1.41 bits per heavy atom. The van der Waals surface area contributed by atoms with E-state index < -0.39 is 0 Å². The van der Waals surface area contributed by atoms with Crippen LogP contribution < -0.4 is 0 Å². The third-order valence-electron chi connectivity index (χ3n) is 3.89. The number of morpholine rings is 1. The Hall–Kier alpha value is -0.630. The Labute approximate surface area is 104 Å². The minimum Gasteiger partial charge on any atom is -0.374 e. The maximum absolute atomic E-state index is 8.94. The van der Waals surface area contributed by atoms with Crippen LogP contribution in [-0.2, 0) is 4.74 Å². The second kappa shape index (κ2) is 6.34. The molecular formula is C13H23N3O. The van der Waals surface area contributed by atoms with Gasteiger partial charge in [-0.1, -0.05) is 12.8 Å². The number of nitriles is 1. The molecule has 1 aliphatic carbocycles. The summed E-state index contributed by atoms with van der Waals surface area (Å²) >= 11 is 0. The smallest absolute Gasteiger partial charge is 0.0869 e. The maximum Gasteiger partial charge on any atom is 0.0869 e. The lowest BCUT2D eigenvalue weighted by Crippen LogP contribution is -2.48. The molecule has 96 valence electrons. The van der Waals surface area contributed by atoms with Gasteiger partial charge in [0.1, 0.15) is 0 Å². The monoisotopic (exact) mass is 237 g/mol. The predicted octanol–water partition coefficient (Wildman–Crippen LogP) is 1.09. The van der Waals surface area contributed by atoms with Crippen molar-refractivity contribution in [3.8, 4) is 6.07 Å².